The van der Waals surface area contributed by atoms with E-state index in [1.807, 2.05) is 0 Å². The van der Waals surface area contributed by atoms with Gasteiger partial charge in [0.2, 0.25) is 5.95 Å². The molecule has 0 aliphatic carbocycles. The van der Waals surface area contributed by atoms with Crippen LogP contribution in [0, 0.1) is 5.95 Å². The number of likely N-dealkylation sites (N-methyl/N-ethyl adjacent to an activating group) is 1. The molecule has 6 heteroatoms. The van der Waals surface area contributed by atoms with Crippen LogP contribution in [0.3, 0.4) is 0 Å². The zero-order valence-corrected chi connectivity index (χ0v) is 11.8. The second kappa shape index (κ2) is 7.31. The van der Waals surface area contributed by atoms with Gasteiger partial charge in [0.05, 0.1) is 5.56 Å². The summed E-state index contributed by atoms with van der Waals surface area (Å²) in [6.45, 7) is 6.01. The van der Waals surface area contributed by atoms with Crippen LogP contribution in [0.1, 0.15) is 16.8 Å². The molecule has 0 saturated carbocycles. The van der Waals surface area contributed by atoms with E-state index in [1.54, 1.807) is 0 Å². The van der Waals surface area contributed by atoms with Gasteiger partial charge in [-0.05, 0) is 32.1 Å². The van der Waals surface area contributed by atoms with E-state index in [4.69, 9.17) is 0 Å². The van der Waals surface area contributed by atoms with Crippen molar-refractivity contribution in [2.45, 2.75) is 6.42 Å². The van der Waals surface area contributed by atoms with Crippen LogP contribution < -0.4 is 5.32 Å². The monoisotopic (exact) mass is 280 g/mol. The van der Waals surface area contributed by atoms with Crippen LogP contribution in [0.15, 0.2) is 18.3 Å². The van der Waals surface area contributed by atoms with E-state index in [9.17, 15) is 9.18 Å². The van der Waals surface area contributed by atoms with Gasteiger partial charge in [-0.3, -0.25) is 4.79 Å². The van der Waals surface area contributed by atoms with Crippen molar-refractivity contribution in [3.63, 3.8) is 0 Å². The lowest BCUT2D eigenvalue weighted by molar-refractivity contribution is 0.0949. The third-order valence-corrected chi connectivity index (χ3v) is 3.52. The molecule has 20 heavy (non-hydrogen) atoms. The number of carbonyl (C=O) groups excluding carboxylic acids is 1. The fourth-order valence-electron chi connectivity index (χ4n) is 2.19. The minimum atomic E-state index is -0.573. The van der Waals surface area contributed by atoms with Gasteiger partial charge < -0.3 is 15.1 Å². The van der Waals surface area contributed by atoms with Gasteiger partial charge in [-0.2, -0.15) is 4.39 Å². The lowest BCUT2D eigenvalue weighted by atomic mass is 10.2. The average Bonchev–Trinajstić information content (AvgIpc) is 2.46. The molecule has 1 N–H and O–H groups in total. The number of pyridine rings is 1. The maximum absolute atomic E-state index is 12.6. The molecule has 2 heterocycles. The number of hydrogen-bond donors (Lipinski definition) is 1. The molecule has 5 nitrogen and oxygen atoms in total. The summed E-state index contributed by atoms with van der Waals surface area (Å²) in [5.74, 6) is -0.771. The van der Waals surface area contributed by atoms with E-state index in [1.165, 1.54) is 18.3 Å². The highest BCUT2D eigenvalue weighted by Gasteiger charge is 2.13. The standard InChI is InChI=1S/C14H21FN4O/c1-18-7-9-19(10-8-18)6-2-5-16-14(20)12-3-4-13(15)17-11-12/h3-4,11H,2,5-10H2,1H3,(H,16,20). The molecule has 0 bridgehead atoms. The third kappa shape index (κ3) is 4.54. The molecule has 2 rings (SSSR count). The number of piperazine rings is 1. The van der Waals surface area contributed by atoms with Crippen molar-refractivity contribution >= 4 is 5.91 Å². The first kappa shape index (κ1) is 14.9. The van der Waals surface area contributed by atoms with Crippen molar-refractivity contribution in [1.82, 2.24) is 20.1 Å². The second-order valence-corrected chi connectivity index (χ2v) is 5.12. The number of aromatic nitrogens is 1. The first-order valence-corrected chi connectivity index (χ1v) is 6.96. The van der Waals surface area contributed by atoms with Gasteiger partial charge in [0.25, 0.3) is 5.91 Å². The third-order valence-electron chi connectivity index (χ3n) is 3.52. The van der Waals surface area contributed by atoms with E-state index in [2.05, 4.69) is 27.1 Å². The fourth-order valence-corrected chi connectivity index (χ4v) is 2.19. The Hall–Kier alpha value is -1.53. The summed E-state index contributed by atoms with van der Waals surface area (Å²) < 4.78 is 12.6. The fraction of sp³-hybridized carbons (Fsp3) is 0.571. The summed E-state index contributed by atoms with van der Waals surface area (Å²) in [5.41, 5.74) is 0.394. The largest absolute Gasteiger partial charge is 0.352 e. The normalized spacial score (nSPS) is 17.1. The molecule has 1 amide bonds. The van der Waals surface area contributed by atoms with Crippen LogP contribution >= 0.6 is 0 Å². The molecule has 1 saturated heterocycles. The van der Waals surface area contributed by atoms with Crippen LogP contribution in [0.4, 0.5) is 4.39 Å². The van der Waals surface area contributed by atoms with E-state index < -0.39 is 5.95 Å². The molecule has 0 radical (unpaired) electrons. The van der Waals surface area contributed by atoms with Crippen molar-refractivity contribution in [2.24, 2.45) is 0 Å². The van der Waals surface area contributed by atoms with Gasteiger partial charge >= 0.3 is 0 Å². The zero-order chi connectivity index (χ0) is 14.4. The predicted molar refractivity (Wildman–Crippen MR) is 75.1 cm³/mol. The Morgan fingerprint density at radius 2 is 2.10 bits per heavy atom. The van der Waals surface area contributed by atoms with Gasteiger partial charge in [-0.15, -0.1) is 0 Å². The first-order valence-electron chi connectivity index (χ1n) is 6.96. The molecule has 0 unspecified atom stereocenters. The number of amides is 1. The van der Waals surface area contributed by atoms with Gasteiger partial charge in [-0.25, -0.2) is 4.98 Å². The predicted octanol–water partition coefficient (Wildman–Crippen LogP) is 0.588. The number of rotatable bonds is 5. The Kier molecular flexibility index (Phi) is 5.43. The van der Waals surface area contributed by atoms with Crippen molar-refractivity contribution in [3.05, 3.63) is 29.8 Å². The number of nitrogens with one attached hydrogen (secondary N) is 1. The molecular weight excluding hydrogens is 259 g/mol. The summed E-state index contributed by atoms with van der Waals surface area (Å²) in [6.07, 6.45) is 2.18. The summed E-state index contributed by atoms with van der Waals surface area (Å²) in [7, 11) is 2.13. The maximum Gasteiger partial charge on any atom is 0.252 e. The first-order chi connectivity index (χ1) is 9.65. The maximum atomic E-state index is 12.6. The number of halogens is 1. The van der Waals surface area contributed by atoms with Gasteiger partial charge in [0.15, 0.2) is 0 Å². The molecule has 1 fully saturated rings. The molecule has 1 aromatic rings. The number of hydrogen-bond acceptors (Lipinski definition) is 4. The van der Waals surface area contributed by atoms with Gasteiger partial charge in [0, 0.05) is 38.9 Å². The summed E-state index contributed by atoms with van der Waals surface area (Å²) in [4.78, 5) is 20.0. The Morgan fingerprint density at radius 3 is 2.75 bits per heavy atom. The second-order valence-electron chi connectivity index (χ2n) is 5.12. The van der Waals surface area contributed by atoms with E-state index >= 15 is 0 Å². The zero-order valence-electron chi connectivity index (χ0n) is 11.8. The van der Waals surface area contributed by atoms with Gasteiger partial charge in [-0.1, -0.05) is 0 Å². The smallest absolute Gasteiger partial charge is 0.252 e. The lowest BCUT2D eigenvalue weighted by Gasteiger charge is -2.32. The SMILES string of the molecule is CN1CCN(CCCNC(=O)c2ccc(F)nc2)CC1. The van der Waals surface area contributed by atoms with Crippen molar-refractivity contribution in [3.8, 4) is 0 Å². The minimum Gasteiger partial charge on any atom is -0.352 e. The Bertz CT molecular complexity index is 429. The number of carbonyl (C=O) groups is 1. The quantitative estimate of drug-likeness (QED) is 0.633. The van der Waals surface area contributed by atoms with Gasteiger partial charge in [0.1, 0.15) is 0 Å². The molecule has 1 aliphatic rings. The van der Waals surface area contributed by atoms with Crippen molar-refractivity contribution < 1.29 is 9.18 Å². The van der Waals surface area contributed by atoms with E-state index in [0.717, 1.165) is 39.1 Å². The molecule has 110 valence electrons. The Morgan fingerprint density at radius 1 is 1.35 bits per heavy atom. The highest BCUT2D eigenvalue weighted by molar-refractivity contribution is 5.93. The van der Waals surface area contributed by atoms with Crippen molar-refractivity contribution in [2.75, 3.05) is 46.3 Å². The molecule has 1 aliphatic heterocycles. The van der Waals surface area contributed by atoms with E-state index in [0.29, 0.717) is 12.1 Å². The molecular formula is C14H21FN4O. The van der Waals surface area contributed by atoms with Crippen molar-refractivity contribution in [1.29, 1.82) is 0 Å². The molecule has 0 aromatic carbocycles. The van der Waals surface area contributed by atoms with E-state index in [-0.39, 0.29) is 5.91 Å². The molecule has 0 spiro atoms. The average molecular weight is 280 g/mol. The topological polar surface area (TPSA) is 48.5 Å². The van der Waals surface area contributed by atoms with Crippen LogP contribution in [0.2, 0.25) is 0 Å². The number of nitrogens with zero attached hydrogens (tertiary/aromatic N) is 3. The minimum absolute atomic E-state index is 0.198. The summed E-state index contributed by atoms with van der Waals surface area (Å²) in [5, 5.41) is 2.83. The Labute approximate surface area is 118 Å². The summed E-state index contributed by atoms with van der Waals surface area (Å²) in [6, 6.07) is 2.64. The molecule has 1 aromatic heterocycles. The highest BCUT2D eigenvalue weighted by Crippen LogP contribution is 2.01. The van der Waals surface area contributed by atoms with Crippen LogP contribution in [-0.2, 0) is 0 Å². The Balaban J connectivity index is 1.63. The van der Waals surface area contributed by atoms with Crippen LogP contribution in [-0.4, -0.2) is 67.0 Å². The van der Waals surface area contributed by atoms with Crippen LogP contribution in [0.5, 0.6) is 0 Å². The molecule has 0 atom stereocenters. The highest BCUT2D eigenvalue weighted by atomic mass is 19.1. The summed E-state index contributed by atoms with van der Waals surface area (Å²) >= 11 is 0. The lowest BCUT2D eigenvalue weighted by Crippen LogP contribution is -2.45. The van der Waals surface area contributed by atoms with Crippen LogP contribution in [0.25, 0.3) is 0 Å².